The van der Waals surface area contributed by atoms with Gasteiger partial charge in [-0.05, 0) is 24.5 Å². The predicted molar refractivity (Wildman–Crippen MR) is 77.1 cm³/mol. The molecule has 0 aliphatic heterocycles. The first-order valence-corrected chi connectivity index (χ1v) is 6.89. The van der Waals surface area contributed by atoms with Crippen LogP contribution < -0.4 is 4.90 Å². The molecule has 2 atom stereocenters. The fourth-order valence-corrected chi connectivity index (χ4v) is 2.48. The number of hydrogen-bond donors (Lipinski definition) is 0. The highest BCUT2D eigenvalue weighted by Crippen LogP contribution is 2.40. The maximum Gasteiger partial charge on any atom is 0.230 e. The van der Waals surface area contributed by atoms with Crippen molar-refractivity contribution in [3.63, 3.8) is 0 Å². The van der Waals surface area contributed by atoms with Gasteiger partial charge >= 0.3 is 0 Å². The van der Waals surface area contributed by atoms with Crippen molar-refractivity contribution < 1.29 is 4.79 Å². The van der Waals surface area contributed by atoms with E-state index in [9.17, 15) is 4.79 Å². The number of aromatic nitrogens is 3. The molecule has 1 aliphatic carbocycles. The second-order valence-electron chi connectivity index (χ2n) is 5.18. The van der Waals surface area contributed by atoms with Crippen LogP contribution in [0.2, 0.25) is 5.15 Å². The molecular weight excluding hydrogens is 276 g/mol. The molecule has 3 rings (SSSR count). The maximum atomic E-state index is 12.2. The first kappa shape index (κ1) is 13.1. The van der Waals surface area contributed by atoms with Gasteiger partial charge in [-0.2, -0.15) is 5.10 Å². The smallest absolute Gasteiger partial charge is 0.230 e. The summed E-state index contributed by atoms with van der Waals surface area (Å²) in [5.41, 5.74) is 1.43. The Kier molecular flexibility index (Phi) is 3.22. The first-order valence-electron chi connectivity index (χ1n) is 6.51. The van der Waals surface area contributed by atoms with E-state index < -0.39 is 0 Å². The van der Waals surface area contributed by atoms with Crippen molar-refractivity contribution in [2.75, 3.05) is 11.9 Å². The SMILES string of the molecule is CC1CC1C(=O)N(C)c1cn(-c2cccnc2)nc1Cl. The lowest BCUT2D eigenvalue weighted by atomic mass is 10.3. The summed E-state index contributed by atoms with van der Waals surface area (Å²) in [6.07, 6.45) is 6.10. The van der Waals surface area contributed by atoms with Crippen molar-refractivity contribution in [1.82, 2.24) is 14.8 Å². The zero-order valence-electron chi connectivity index (χ0n) is 11.3. The van der Waals surface area contributed by atoms with Gasteiger partial charge in [0.25, 0.3) is 0 Å². The van der Waals surface area contributed by atoms with E-state index in [4.69, 9.17) is 11.6 Å². The van der Waals surface area contributed by atoms with E-state index in [0.717, 1.165) is 12.1 Å². The number of hydrogen-bond acceptors (Lipinski definition) is 3. The van der Waals surface area contributed by atoms with E-state index >= 15 is 0 Å². The van der Waals surface area contributed by atoms with Gasteiger partial charge in [-0.3, -0.25) is 9.78 Å². The lowest BCUT2D eigenvalue weighted by Crippen LogP contribution is -2.28. The lowest BCUT2D eigenvalue weighted by Gasteiger charge is -2.15. The van der Waals surface area contributed by atoms with Gasteiger partial charge < -0.3 is 4.90 Å². The Morgan fingerprint density at radius 2 is 2.30 bits per heavy atom. The van der Waals surface area contributed by atoms with Gasteiger partial charge in [0.15, 0.2) is 5.15 Å². The first-order chi connectivity index (χ1) is 9.58. The topological polar surface area (TPSA) is 51.0 Å². The molecule has 20 heavy (non-hydrogen) atoms. The summed E-state index contributed by atoms with van der Waals surface area (Å²) < 4.78 is 1.63. The van der Waals surface area contributed by atoms with E-state index in [-0.39, 0.29) is 11.8 Å². The summed E-state index contributed by atoms with van der Waals surface area (Å²) in [6, 6.07) is 3.70. The zero-order chi connectivity index (χ0) is 14.3. The molecule has 5 nitrogen and oxygen atoms in total. The van der Waals surface area contributed by atoms with Crippen LogP contribution in [0.3, 0.4) is 0 Å². The second-order valence-corrected chi connectivity index (χ2v) is 5.54. The van der Waals surface area contributed by atoms with Crippen molar-refractivity contribution in [2.24, 2.45) is 11.8 Å². The van der Waals surface area contributed by atoms with E-state index in [1.807, 2.05) is 12.1 Å². The van der Waals surface area contributed by atoms with E-state index in [0.29, 0.717) is 16.8 Å². The van der Waals surface area contributed by atoms with Crippen molar-refractivity contribution in [3.8, 4) is 5.69 Å². The largest absolute Gasteiger partial charge is 0.311 e. The van der Waals surface area contributed by atoms with Crippen molar-refractivity contribution in [3.05, 3.63) is 35.9 Å². The highest BCUT2D eigenvalue weighted by Gasteiger charge is 2.41. The summed E-state index contributed by atoms with van der Waals surface area (Å²) in [5.74, 6) is 0.694. The Hall–Kier alpha value is -1.88. The number of nitrogens with zero attached hydrogens (tertiary/aromatic N) is 4. The molecule has 2 aromatic rings. The monoisotopic (exact) mass is 290 g/mol. The van der Waals surface area contributed by atoms with Crippen LogP contribution in [-0.2, 0) is 4.79 Å². The molecule has 0 saturated heterocycles. The number of amides is 1. The summed E-state index contributed by atoms with van der Waals surface area (Å²) in [6.45, 7) is 2.08. The van der Waals surface area contributed by atoms with Gasteiger partial charge in [0.05, 0.1) is 18.1 Å². The van der Waals surface area contributed by atoms with Gasteiger partial charge in [0.1, 0.15) is 5.69 Å². The van der Waals surface area contributed by atoms with Crippen molar-refractivity contribution in [1.29, 1.82) is 0 Å². The molecule has 0 N–H and O–H groups in total. The summed E-state index contributed by atoms with van der Waals surface area (Å²) in [4.78, 5) is 17.9. The summed E-state index contributed by atoms with van der Waals surface area (Å²) in [5, 5.41) is 4.55. The Labute approximate surface area is 122 Å². The number of anilines is 1. The molecule has 1 saturated carbocycles. The molecule has 6 heteroatoms. The van der Waals surface area contributed by atoms with E-state index in [1.165, 1.54) is 0 Å². The van der Waals surface area contributed by atoms with Gasteiger partial charge in [-0.25, -0.2) is 4.68 Å². The molecule has 1 aliphatic rings. The minimum Gasteiger partial charge on any atom is -0.311 e. The number of rotatable bonds is 3. The number of halogens is 1. The molecule has 0 spiro atoms. The fourth-order valence-electron chi connectivity index (χ4n) is 2.22. The van der Waals surface area contributed by atoms with Crippen LogP contribution >= 0.6 is 11.6 Å². The third kappa shape index (κ3) is 2.29. The van der Waals surface area contributed by atoms with Crippen LogP contribution in [0.15, 0.2) is 30.7 Å². The quantitative estimate of drug-likeness (QED) is 0.873. The normalized spacial score (nSPS) is 20.8. The molecule has 104 valence electrons. The summed E-state index contributed by atoms with van der Waals surface area (Å²) in [7, 11) is 1.74. The van der Waals surface area contributed by atoms with Crippen LogP contribution in [0, 0.1) is 11.8 Å². The summed E-state index contributed by atoms with van der Waals surface area (Å²) >= 11 is 6.15. The number of carbonyl (C=O) groups excluding carboxylic acids is 1. The molecule has 2 unspecified atom stereocenters. The third-order valence-corrected chi connectivity index (χ3v) is 3.95. The van der Waals surface area contributed by atoms with Crippen LogP contribution in [0.5, 0.6) is 0 Å². The van der Waals surface area contributed by atoms with Gasteiger partial charge in [-0.15, -0.1) is 0 Å². The Bertz CT molecular complexity index is 640. The minimum absolute atomic E-state index is 0.102. The van der Waals surface area contributed by atoms with E-state index in [2.05, 4.69) is 17.0 Å². The molecule has 1 amide bonds. The zero-order valence-corrected chi connectivity index (χ0v) is 12.1. The second kappa shape index (κ2) is 4.90. The van der Waals surface area contributed by atoms with Crippen LogP contribution in [-0.4, -0.2) is 27.7 Å². The minimum atomic E-state index is 0.102. The van der Waals surface area contributed by atoms with E-state index in [1.54, 1.807) is 35.2 Å². The van der Waals surface area contributed by atoms with Crippen LogP contribution in [0.1, 0.15) is 13.3 Å². The van der Waals surface area contributed by atoms with Gasteiger partial charge in [0.2, 0.25) is 5.91 Å². The third-order valence-electron chi connectivity index (χ3n) is 3.68. The highest BCUT2D eigenvalue weighted by atomic mass is 35.5. The van der Waals surface area contributed by atoms with Crippen molar-refractivity contribution in [2.45, 2.75) is 13.3 Å². The molecule has 2 heterocycles. The lowest BCUT2D eigenvalue weighted by molar-refractivity contribution is -0.119. The molecule has 1 fully saturated rings. The molecule has 0 radical (unpaired) electrons. The van der Waals surface area contributed by atoms with Gasteiger partial charge in [0, 0.05) is 19.2 Å². The van der Waals surface area contributed by atoms with Crippen molar-refractivity contribution >= 4 is 23.2 Å². The highest BCUT2D eigenvalue weighted by molar-refractivity contribution is 6.32. The average Bonchev–Trinajstić information content (AvgIpc) is 3.06. The number of carbonyl (C=O) groups is 1. The molecule has 0 aromatic carbocycles. The van der Waals surface area contributed by atoms with Gasteiger partial charge in [-0.1, -0.05) is 18.5 Å². The Morgan fingerprint density at radius 1 is 1.55 bits per heavy atom. The molecule has 0 bridgehead atoms. The Balaban J connectivity index is 1.87. The average molecular weight is 291 g/mol. The van der Waals surface area contributed by atoms with Crippen LogP contribution in [0.4, 0.5) is 5.69 Å². The molecule has 2 aromatic heterocycles. The Morgan fingerprint density at radius 3 is 2.90 bits per heavy atom. The fraction of sp³-hybridized carbons (Fsp3) is 0.357. The standard InChI is InChI=1S/C14H15ClN4O/c1-9-6-11(9)14(20)18(2)12-8-19(17-13(12)15)10-4-3-5-16-7-10/h3-5,7-9,11H,6H2,1-2H3. The molecular formula is C14H15ClN4O. The maximum absolute atomic E-state index is 12.2. The number of pyridine rings is 1. The van der Waals surface area contributed by atoms with Crippen LogP contribution in [0.25, 0.3) is 5.69 Å². The predicted octanol–water partition coefficient (Wildman–Crippen LogP) is 2.54.